The normalized spacial score (nSPS) is 10.9. The van der Waals surface area contributed by atoms with Crippen molar-refractivity contribution in [3.05, 3.63) is 59.7 Å². The van der Waals surface area contributed by atoms with Gasteiger partial charge in [0.05, 0.1) is 24.1 Å². The summed E-state index contributed by atoms with van der Waals surface area (Å²) >= 11 is 0. The molecule has 6 heteroatoms. The highest BCUT2D eigenvalue weighted by atomic mass is 32.2. The lowest BCUT2D eigenvalue weighted by Gasteiger charge is -2.22. The second-order valence-electron chi connectivity index (χ2n) is 4.57. The first-order chi connectivity index (χ1) is 9.91. The van der Waals surface area contributed by atoms with Crippen LogP contribution in [0.1, 0.15) is 11.1 Å². The number of nitriles is 1. The van der Waals surface area contributed by atoms with Gasteiger partial charge in [-0.05, 0) is 23.8 Å². The van der Waals surface area contributed by atoms with Crippen LogP contribution >= 0.6 is 0 Å². The molecule has 108 valence electrons. The van der Waals surface area contributed by atoms with Crippen molar-refractivity contribution in [3.63, 3.8) is 0 Å². The summed E-state index contributed by atoms with van der Waals surface area (Å²) in [5, 5.41) is 18.5. The molecule has 2 aromatic rings. The zero-order valence-electron chi connectivity index (χ0n) is 11.4. The zero-order valence-corrected chi connectivity index (χ0v) is 12.2. The van der Waals surface area contributed by atoms with Crippen molar-refractivity contribution in [2.45, 2.75) is 6.54 Å². The van der Waals surface area contributed by atoms with Crippen LogP contribution in [0.4, 0.5) is 5.69 Å². The van der Waals surface area contributed by atoms with E-state index in [9.17, 15) is 13.5 Å². The van der Waals surface area contributed by atoms with E-state index in [1.807, 2.05) is 36.4 Å². The van der Waals surface area contributed by atoms with Crippen LogP contribution in [-0.4, -0.2) is 19.8 Å². The van der Waals surface area contributed by atoms with Gasteiger partial charge in [-0.3, -0.25) is 4.31 Å². The third kappa shape index (κ3) is 3.52. The molecule has 0 bridgehead atoms. The van der Waals surface area contributed by atoms with Gasteiger partial charge in [0.2, 0.25) is 10.0 Å². The Labute approximate surface area is 123 Å². The summed E-state index contributed by atoms with van der Waals surface area (Å²) in [7, 11) is -3.51. The molecule has 0 unspecified atom stereocenters. The van der Waals surface area contributed by atoms with Gasteiger partial charge in [-0.2, -0.15) is 5.26 Å². The average molecular weight is 302 g/mol. The second kappa shape index (κ2) is 5.85. The molecule has 0 aliphatic heterocycles. The predicted octanol–water partition coefficient (Wildman–Crippen LogP) is 2.23. The molecule has 0 atom stereocenters. The summed E-state index contributed by atoms with van der Waals surface area (Å²) in [4.78, 5) is 0. The number of hydrogen-bond donors (Lipinski definition) is 1. The minimum Gasteiger partial charge on any atom is -0.507 e. The quantitative estimate of drug-likeness (QED) is 0.939. The minimum atomic E-state index is -3.51. The lowest BCUT2D eigenvalue weighted by molar-refractivity contribution is 0.473. The maximum atomic E-state index is 12.0. The summed E-state index contributed by atoms with van der Waals surface area (Å²) in [5.41, 5.74) is 1.21. The Kier molecular flexibility index (Phi) is 4.15. The van der Waals surface area contributed by atoms with Crippen molar-refractivity contribution in [2.24, 2.45) is 0 Å². The number of aromatic hydroxyl groups is 1. The third-order valence-electron chi connectivity index (χ3n) is 2.96. The average Bonchev–Trinajstić information content (AvgIpc) is 2.45. The number of benzene rings is 2. The molecular weight excluding hydrogens is 288 g/mol. The van der Waals surface area contributed by atoms with Crippen molar-refractivity contribution in [1.29, 1.82) is 5.26 Å². The van der Waals surface area contributed by atoms with Gasteiger partial charge in [0.1, 0.15) is 11.8 Å². The van der Waals surface area contributed by atoms with Crippen LogP contribution < -0.4 is 4.31 Å². The highest BCUT2D eigenvalue weighted by Crippen LogP contribution is 2.26. The summed E-state index contributed by atoms with van der Waals surface area (Å²) in [6, 6.07) is 15.1. The summed E-state index contributed by atoms with van der Waals surface area (Å²) in [6.45, 7) is 0.162. The molecule has 0 amide bonds. The molecule has 0 aliphatic rings. The Morgan fingerprint density at radius 2 is 1.86 bits per heavy atom. The van der Waals surface area contributed by atoms with Gasteiger partial charge < -0.3 is 5.11 Å². The first kappa shape index (κ1) is 14.9. The summed E-state index contributed by atoms with van der Waals surface area (Å²) in [6.07, 6.45) is 1.11. The van der Waals surface area contributed by atoms with Gasteiger partial charge >= 0.3 is 0 Å². The van der Waals surface area contributed by atoms with Crippen LogP contribution in [0.5, 0.6) is 5.75 Å². The number of rotatable bonds is 4. The summed E-state index contributed by atoms with van der Waals surface area (Å²) in [5.74, 6) is -0.172. The molecule has 2 rings (SSSR count). The molecule has 0 fully saturated rings. The van der Waals surface area contributed by atoms with Crippen LogP contribution in [0.3, 0.4) is 0 Å². The van der Waals surface area contributed by atoms with E-state index < -0.39 is 10.0 Å². The Morgan fingerprint density at radius 3 is 2.43 bits per heavy atom. The van der Waals surface area contributed by atoms with Crippen molar-refractivity contribution in [3.8, 4) is 11.8 Å². The van der Waals surface area contributed by atoms with Crippen molar-refractivity contribution >= 4 is 15.7 Å². The standard InChI is InChI=1S/C15H14N2O3S/c1-21(19,20)17(11-12-5-3-2-4-6-12)14-7-8-15(18)13(9-14)10-16/h2-9,18H,11H2,1H3. The van der Waals surface area contributed by atoms with Gasteiger partial charge in [0, 0.05) is 0 Å². The topological polar surface area (TPSA) is 81.4 Å². The van der Waals surface area contributed by atoms with Crippen LogP contribution in [0.15, 0.2) is 48.5 Å². The number of hydrogen-bond acceptors (Lipinski definition) is 4. The molecule has 1 N–H and O–H groups in total. The predicted molar refractivity (Wildman–Crippen MR) is 80.3 cm³/mol. The molecular formula is C15H14N2O3S. The SMILES string of the molecule is CS(=O)(=O)N(Cc1ccccc1)c1ccc(O)c(C#N)c1. The van der Waals surface area contributed by atoms with E-state index in [4.69, 9.17) is 5.26 Å². The molecule has 5 nitrogen and oxygen atoms in total. The van der Waals surface area contributed by atoms with Crippen molar-refractivity contribution < 1.29 is 13.5 Å². The van der Waals surface area contributed by atoms with Crippen LogP contribution in [0, 0.1) is 11.3 Å². The van der Waals surface area contributed by atoms with Crippen molar-refractivity contribution in [2.75, 3.05) is 10.6 Å². The maximum absolute atomic E-state index is 12.0. The van der Waals surface area contributed by atoms with Crippen LogP contribution in [-0.2, 0) is 16.6 Å². The lowest BCUT2D eigenvalue weighted by atomic mass is 10.2. The molecule has 0 radical (unpaired) electrons. The number of sulfonamides is 1. The largest absolute Gasteiger partial charge is 0.507 e. The van der Waals surface area contributed by atoms with Crippen molar-refractivity contribution in [1.82, 2.24) is 0 Å². The molecule has 0 saturated carbocycles. The Hall–Kier alpha value is -2.52. The lowest BCUT2D eigenvalue weighted by Crippen LogP contribution is -2.29. The minimum absolute atomic E-state index is 0.0363. The molecule has 0 aromatic heterocycles. The highest BCUT2D eigenvalue weighted by molar-refractivity contribution is 7.92. The van der Waals surface area contributed by atoms with Gasteiger partial charge in [-0.1, -0.05) is 30.3 Å². The van der Waals surface area contributed by atoms with Gasteiger partial charge in [0.15, 0.2) is 0 Å². The fourth-order valence-electron chi connectivity index (χ4n) is 1.92. The van der Waals surface area contributed by atoms with Crippen LogP contribution in [0.2, 0.25) is 0 Å². The third-order valence-corrected chi connectivity index (χ3v) is 4.10. The molecule has 0 spiro atoms. The van der Waals surface area contributed by atoms with E-state index in [1.54, 1.807) is 0 Å². The fraction of sp³-hybridized carbons (Fsp3) is 0.133. The number of anilines is 1. The Morgan fingerprint density at radius 1 is 1.19 bits per heavy atom. The zero-order chi connectivity index (χ0) is 15.5. The van der Waals surface area contributed by atoms with Gasteiger partial charge in [-0.15, -0.1) is 0 Å². The van der Waals surface area contributed by atoms with E-state index in [-0.39, 0.29) is 17.9 Å². The second-order valence-corrected chi connectivity index (χ2v) is 6.48. The number of phenolic OH excluding ortho intramolecular Hbond substituents is 1. The monoisotopic (exact) mass is 302 g/mol. The summed E-state index contributed by atoms with van der Waals surface area (Å²) < 4.78 is 25.2. The fourth-order valence-corrected chi connectivity index (χ4v) is 2.80. The van der Waals surface area contributed by atoms with Gasteiger partial charge in [-0.25, -0.2) is 8.42 Å². The van der Waals surface area contributed by atoms with E-state index in [1.165, 1.54) is 22.5 Å². The molecule has 2 aromatic carbocycles. The smallest absolute Gasteiger partial charge is 0.232 e. The Balaban J connectivity index is 2.45. The molecule has 0 aliphatic carbocycles. The highest BCUT2D eigenvalue weighted by Gasteiger charge is 2.19. The Bertz CT molecular complexity index is 780. The van der Waals surface area contributed by atoms with Crippen LogP contribution in [0.25, 0.3) is 0 Å². The van der Waals surface area contributed by atoms with E-state index in [0.717, 1.165) is 11.8 Å². The number of phenols is 1. The first-order valence-corrected chi connectivity index (χ1v) is 8.01. The van der Waals surface area contributed by atoms with E-state index >= 15 is 0 Å². The first-order valence-electron chi connectivity index (χ1n) is 6.16. The molecule has 0 heterocycles. The van der Waals surface area contributed by atoms with Gasteiger partial charge in [0.25, 0.3) is 0 Å². The maximum Gasteiger partial charge on any atom is 0.232 e. The molecule has 0 saturated heterocycles. The number of nitrogens with zero attached hydrogens (tertiary/aromatic N) is 2. The van der Waals surface area contributed by atoms with E-state index in [2.05, 4.69) is 0 Å². The molecule has 21 heavy (non-hydrogen) atoms. The van der Waals surface area contributed by atoms with E-state index in [0.29, 0.717) is 5.69 Å².